The molecular weight excluding hydrogens is 405 g/mol. The van der Waals surface area contributed by atoms with Crippen LogP contribution in [0.25, 0.3) is 0 Å². The molecular formula is C30H60NP. The number of likely N-dealkylation sites (N-methyl/N-ethyl adjacent to an activating group) is 1. The number of rotatable bonds is 18. The molecule has 0 aromatic heterocycles. The van der Waals surface area contributed by atoms with Crippen LogP contribution in [-0.2, 0) is 0 Å². The molecule has 190 valence electrons. The molecule has 0 saturated heterocycles. The van der Waals surface area contributed by atoms with Crippen LogP contribution in [0.5, 0.6) is 0 Å². The second-order valence-electron chi connectivity index (χ2n) is 12.2. The van der Waals surface area contributed by atoms with E-state index in [2.05, 4.69) is 87.5 Å². The van der Waals surface area contributed by atoms with Crippen LogP contribution >= 0.6 is 8.58 Å². The Bertz CT molecular complexity index is 529. The first-order valence-corrected chi connectivity index (χ1v) is 14.9. The fraction of sp³-hybridized carbons (Fsp3) is 0.867. The highest BCUT2D eigenvalue weighted by molar-refractivity contribution is 7.37. The highest BCUT2D eigenvalue weighted by Crippen LogP contribution is 2.39. The first-order chi connectivity index (χ1) is 14.8. The van der Waals surface area contributed by atoms with Crippen molar-refractivity contribution < 1.29 is 0 Å². The number of nitrogens with zero attached hydrogens (tertiary/aromatic N) is 1. The van der Waals surface area contributed by atoms with Crippen LogP contribution in [0.1, 0.15) is 113 Å². The van der Waals surface area contributed by atoms with Crippen LogP contribution in [0.15, 0.2) is 24.3 Å². The molecule has 0 fully saturated rings. The van der Waals surface area contributed by atoms with Crippen molar-refractivity contribution in [2.45, 2.75) is 119 Å². The summed E-state index contributed by atoms with van der Waals surface area (Å²) >= 11 is 0. The third kappa shape index (κ3) is 12.4. The fourth-order valence-corrected chi connectivity index (χ4v) is 6.01. The van der Waals surface area contributed by atoms with Gasteiger partial charge in [0.2, 0.25) is 0 Å². The molecule has 0 aliphatic heterocycles. The van der Waals surface area contributed by atoms with Crippen molar-refractivity contribution in [3.8, 4) is 0 Å². The summed E-state index contributed by atoms with van der Waals surface area (Å²) in [5.41, 5.74) is 3.09. The summed E-state index contributed by atoms with van der Waals surface area (Å²) < 4.78 is 0. The van der Waals surface area contributed by atoms with E-state index >= 15 is 0 Å². The number of unbranched alkanes of at least 4 members (excludes halogenated alkanes) is 3. The minimum Gasteiger partial charge on any atom is -0.300 e. The number of allylic oxidation sites excluding steroid dienone is 1. The zero-order chi connectivity index (χ0) is 24.9. The molecule has 0 aromatic carbocycles. The Morgan fingerprint density at radius 3 is 1.94 bits per heavy atom. The lowest BCUT2D eigenvalue weighted by Crippen LogP contribution is -2.45. The van der Waals surface area contributed by atoms with Gasteiger partial charge >= 0.3 is 0 Å². The molecule has 0 bridgehead atoms. The van der Waals surface area contributed by atoms with Gasteiger partial charge < -0.3 is 4.90 Å². The average molecular weight is 466 g/mol. The monoisotopic (exact) mass is 465 g/mol. The summed E-state index contributed by atoms with van der Waals surface area (Å²) in [5.74, 6) is 2.29. The van der Waals surface area contributed by atoms with E-state index in [1.807, 2.05) is 0 Å². The summed E-state index contributed by atoms with van der Waals surface area (Å²) in [6.07, 6.45) is 14.3. The van der Waals surface area contributed by atoms with Gasteiger partial charge in [-0.05, 0) is 75.8 Å². The minimum absolute atomic E-state index is 0.0572. The predicted molar refractivity (Wildman–Crippen MR) is 153 cm³/mol. The molecule has 0 heterocycles. The van der Waals surface area contributed by atoms with Gasteiger partial charge in [0.1, 0.15) is 0 Å². The zero-order valence-corrected chi connectivity index (χ0v) is 24.9. The molecule has 0 amide bonds. The maximum Gasteiger partial charge on any atom is 0.0386 e. The highest BCUT2D eigenvalue weighted by atomic mass is 31.1. The third-order valence-electron chi connectivity index (χ3n) is 7.77. The van der Waals surface area contributed by atoms with Crippen LogP contribution in [0, 0.1) is 23.2 Å². The molecule has 0 spiro atoms. The average Bonchev–Trinajstić information content (AvgIpc) is 2.69. The smallest absolute Gasteiger partial charge is 0.0386 e. The van der Waals surface area contributed by atoms with E-state index in [1.54, 1.807) is 0 Å². The van der Waals surface area contributed by atoms with Crippen molar-refractivity contribution >= 4 is 8.58 Å². The molecule has 0 aromatic rings. The van der Waals surface area contributed by atoms with Crippen molar-refractivity contribution in [3.63, 3.8) is 0 Å². The van der Waals surface area contributed by atoms with E-state index in [1.165, 1.54) is 68.4 Å². The molecule has 0 aliphatic rings. The Morgan fingerprint density at radius 1 is 0.844 bits per heavy atom. The molecule has 0 saturated carbocycles. The van der Waals surface area contributed by atoms with Crippen LogP contribution in [0.3, 0.4) is 0 Å². The molecule has 32 heavy (non-hydrogen) atoms. The molecule has 0 radical (unpaired) electrons. The second-order valence-corrected chi connectivity index (χ2v) is 13.5. The standard InChI is InChI=1S/C30H60NP/c1-13-15-16-17-18-28(20-26(5)29(7,8)9)21-30(10,31(11)12)27(6)19-25(4)23-32-22-24(3)14-2/h24-25,28,32H,5-6,13-23H2,1-4,7-12H3. The number of hydrogen-bond donors (Lipinski definition) is 0. The first kappa shape index (κ1) is 31.9. The second kappa shape index (κ2) is 15.7. The lowest BCUT2D eigenvalue weighted by molar-refractivity contribution is 0.159. The van der Waals surface area contributed by atoms with Gasteiger partial charge in [-0.3, -0.25) is 0 Å². The lowest BCUT2D eigenvalue weighted by atomic mass is 9.73. The van der Waals surface area contributed by atoms with E-state index in [0.717, 1.165) is 33.3 Å². The zero-order valence-electron chi connectivity index (χ0n) is 23.9. The van der Waals surface area contributed by atoms with Gasteiger partial charge in [-0.2, -0.15) is 0 Å². The SMILES string of the molecule is C=C(CC(CCCCCC)CC(C)(C(=C)CC(C)CPCC(C)CC)N(C)C)C(C)(C)C. The summed E-state index contributed by atoms with van der Waals surface area (Å²) in [5, 5.41) is 0. The van der Waals surface area contributed by atoms with E-state index < -0.39 is 0 Å². The van der Waals surface area contributed by atoms with Crippen LogP contribution in [0.2, 0.25) is 0 Å². The molecule has 5 unspecified atom stereocenters. The summed E-state index contributed by atoms with van der Waals surface area (Å²) in [4.78, 5) is 2.45. The van der Waals surface area contributed by atoms with Crippen LogP contribution < -0.4 is 0 Å². The molecule has 0 aliphatic carbocycles. The van der Waals surface area contributed by atoms with Gasteiger partial charge in [0, 0.05) is 5.54 Å². The van der Waals surface area contributed by atoms with E-state index in [4.69, 9.17) is 0 Å². The van der Waals surface area contributed by atoms with Gasteiger partial charge in [-0.25, -0.2) is 0 Å². The fourth-order valence-electron chi connectivity index (χ4n) is 4.43. The summed E-state index contributed by atoms with van der Waals surface area (Å²) in [6.45, 7) is 28.0. The minimum atomic E-state index is 0.0572. The van der Waals surface area contributed by atoms with E-state index in [0.29, 0.717) is 5.92 Å². The maximum absolute atomic E-state index is 4.68. The van der Waals surface area contributed by atoms with Gasteiger partial charge in [-0.15, -0.1) is 8.58 Å². The number of hydrogen-bond acceptors (Lipinski definition) is 1. The molecule has 2 heteroatoms. The first-order valence-electron chi connectivity index (χ1n) is 13.5. The van der Waals surface area contributed by atoms with Crippen LogP contribution in [0.4, 0.5) is 0 Å². The Hall–Kier alpha value is -0.130. The van der Waals surface area contributed by atoms with E-state index in [-0.39, 0.29) is 11.0 Å². The Balaban J connectivity index is 5.23. The lowest BCUT2D eigenvalue weighted by Gasteiger charge is -2.42. The summed E-state index contributed by atoms with van der Waals surface area (Å²) in [6, 6.07) is 0. The van der Waals surface area contributed by atoms with Gasteiger partial charge in [-0.1, -0.05) is 111 Å². The molecule has 1 nitrogen and oxygen atoms in total. The Kier molecular flexibility index (Phi) is 15.6. The van der Waals surface area contributed by atoms with E-state index in [9.17, 15) is 0 Å². The third-order valence-corrected chi connectivity index (χ3v) is 9.75. The van der Waals surface area contributed by atoms with Gasteiger partial charge in [0.15, 0.2) is 0 Å². The topological polar surface area (TPSA) is 3.24 Å². The van der Waals surface area contributed by atoms with Crippen molar-refractivity contribution in [2.75, 3.05) is 26.4 Å². The largest absolute Gasteiger partial charge is 0.300 e. The van der Waals surface area contributed by atoms with Crippen molar-refractivity contribution in [2.24, 2.45) is 23.2 Å². The normalized spacial score (nSPS) is 17.5. The van der Waals surface area contributed by atoms with Gasteiger partial charge in [0.05, 0.1) is 0 Å². The quantitative estimate of drug-likeness (QED) is 0.111. The summed E-state index contributed by atoms with van der Waals surface area (Å²) in [7, 11) is 5.61. The van der Waals surface area contributed by atoms with Crippen molar-refractivity contribution in [3.05, 3.63) is 24.3 Å². The molecule has 5 atom stereocenters. The van der Waals surface area contributed by atoms with Crippen LogP contribution in [-0.4, -0.2) is 36.9 Å². The van der Waals surface area contributed by atoms with Crippen molar-refractivity contribution in [1.29, 1.82) is 0 Å². The molecule has 0 rings (SSSR count). The van der Waals surface area contributed by atoms with Gasteiger partial charge in [0.25, 0.3) is 0 Å². The maximum atomic E-state index is 4.68. The highest BCUT2D eigenvalue weighted by Gasteiger charge is 2.34. The molecule has 0 N–H and O–H groups in total. The van der Waals surface area contributed by atoms with Crippen molar-refractivity contribution in [1.82, 2.24) is 4.90 Å². The Morgan fingerprint density at radius 2 is 1.44 bits per heavy atom. The Labute approximate surface area is 206 Å². The predicted octanol–water partition coefficient (Wildman–Crippen LogP) is 9.58.